The Morgan fingerprint density at radius 2 is 2.50 bits per heavy atom. The molecule has 60 valence electrons. The lowest BCUT2D eigenvalue weighted by Crippen LogP contribution is -1.83. The third-order valence-electron chi connectivity index (χ3n) is 1.82. The number of H-pyrrole nitrogens is 1. The van der Waals surface area contributed by atoms with Crippen LogP contribution in [0.5, 0.6) is 0 Å². The smallest absolute Gasteiger partial charge is 0.124 e. The summed E-state index contributed by atoms with van der Waals surface area (Å²) in [5.41, 5.74) is 2.83. The monoisotopic (exact) mass is 160 g/mol. The summed E-state index contributed by atoms with van der Waals surface area (Å²) in [4.78, 5) is 17.5. The average molecular weight is 160 g/mol. The van der Waals surface area contributed by atoms with E-state index in [0.717, 1.165) is 22.9 Å². The fourth-order valence-corrected chi connectivity index (χ4v) is 1.26. The van der Waals surface area contributed by atoms with Crippen LogP contribution in [-0.2, 0) is 11.2 Å². The van der Waals surface area contributed by atoms with Gasteiger partial charge in [0.2, 0.25) is 0 Å². The number of rotatable bonds is 2. The van der Waals surface area contributed by atoms with Crippen molar-refractivity contribution < 1.29 is 4.79 Å². The fourth-order valence-electron chi connectivity index (χ4n) is 1.26. The zero-order chi connectivity index (χ0) is 8.39. The molecule has 0 bridgehead atoms. The molecule has 2 rings (SSSR count). The van der Waals surface area contributed by atoms with Crippen LogP contribution in [-0.4, -0.2) is 16.3 Å². The van der Waals surface area contributed by atoms with Gasteiger partial charge < -0.3 is 9.78 Å². The Balaban J connectivity index is 2.62. The molecule has 0 amide bonds. The summed E-state index contributed by atoms with van der Waals surface area (Å²) in [7, 11) is 0. The van der Waals surface area contributed by atoms with Gasteiger partial charge in [0.1, 0.15) is 6.29 Å². The van der Waals surface area contributed by atoms with Gasteiger partial charge in [-0.15, -0.1) is 0 Å². The number of nitrogens with zero attached hydrogens (tertiary/aromatic N) is 1. The van der Waals surface area contributed by atoms with Gasteiger partial charge in [0, 0.05) is 24.4 Å². The maximum atomic E-state index is 10.3. The second kappa shape index (κ2) is 2.77. The van der Waals surface area contributed by atoms with Crippen molar-refractivity contribution in [2.24, 2.45) is 0 Å². The second-order valence-corrected chi connectivity index (χ2v) is 2.58. The summed E-state index contributed by atoms with van der Waals surface area (Å²) in [6.45, 7) is 0. The predicted octanol–water partition coefficient (Wildman–Crippen LogP) is 1.30. The Kier molecular flexibility index (Phi) is 1.63. The highest BCUT2D eigenvalue weighted by molar-refractivity contribution is 5.80. The van der Waals surface area contributed by atoms with Crippen molar-refractivity contribution in [1.82, 2.24) is 9.97 Å². The molecule has 2 heterocycles. The van der Waals surface area contributed by atoms with Crippen molar-refractivity contribution in [2.45, 2.75) is 6.42 Å². The number of carbonyl (C=O) groups excluding carboxylic acids is 1. The third kappa shape index (κ3) is 0.993. The molecule has 0 unspecified atom stereocenters. The second-order valence-electron chi connectivity index (χ2n) is 2.58. The Labute approximate surface area is 69.4 Å². The normalized spacial score (nSPS) is 10.3. The first-order chi connectivity index (χ1) is 5.92. The molecule has 0 aliphatic carbocycles. The number of hydrogen-bond donors (Lipinski definition) is 1. The molecule has 0 spiro atoms. The number of pyridine rings is 1. The Morgan fingerprint density at radius 1 is 1.58 bits per heavy atom. The highest BCUT2D eigenvalue weighted by atomic mass is 16.1. The lowest BCUT2D eigenvalue weighted by molar-refractivity contribution is -0.107. The minimum Gasteiger partial charge on any atom is -0.360 e. The molecule has 12 heavy (non-hydrogen) atoms. The van der Waals surface area contributed by atoms with Crippen molar-refractivity contribution in [1.29, 1.82) is 0 Å². The van der Waals surface area contributed by atoms with Crippen LogP contribution in [0.25, 0.3) is 11.0 Å². The number of aldehydes is 1. The number of nitrogens with one attached hydrogen (secondary N) is 1. The Morgan fingerprint density at radius 3 is 3.33 bits per heavy atom. The van der Waals surface area contributed by atoms with Gasteiger partial charge in [-0.3, -0.25) is 4.98 Å². The number of hydrogen-bond acceptors (Lipinski definition) is 2. The van der Waals surface area contributed by atoms with Gasteiger partial charge in [-0.1, -0.05) is 0 Å². The molecule has 0 aromatic carbocycles. The molecule has 2 aromatic rings. The summed E-state index contributed by atoms with van der Waals surface area (Å²) in [6.07, 6.45) is 4.87. The topological polar surface area (TPSA) is 45.8 Å². The Bertz CT molecular complexity index is 406. The molecule has 1 N–H and O–H groups in total. The number of carbonyl (C=O) groups is 1. The zero-order valence-corrected chi connectivity index (χ0v) is 6.45. The molecule has 0 radical (unpaired) electrons. The summed E-state index contributed by atoms with van der Waals surface area (Å²) in [5, 5.41) is 0. The first-order valence-electron chi connectivity index (χ1n) is 3.76. The molecule has 0 atom stereocenters. The van der Waals surface area contributed by atoms with Gasteiger partial charge in [-0.05, 0) is 12.1 Å². The average Bonchev–Trinajstić information content (AvgIpc) is 2.50. The summed E-state index contributed by atoms with van der Waals surface area (Å²) in [5.74, 6) is 0. The minimum atomic E-state index is 0.428. The molecule has 0 aliphatic rings. The molecule has 0 aliphatic heterocycles. The zero-order valence-electron chi connectivity index (χ0n) is 6.45. The molecule has 2 aromatic heterocycles. The van der Waals surface area contributed by atoms with E-state index in [-0.39, 0.29) is 0 Å². The van der Waals surface area contributed by atoms with E-state index in [9.17, 15) is 4.79 Å². The van der Waals surface area contributed by atoms with Crippen LogP contribution in [0.3, 0.4) is 0 Å². The molecule has 3 nitrogen and oxygen atoms in total. The van der Waals surface area contributed by atoms with Crippen molar-refractivity contribution in [3.05, 3.63) is 30.1 Å². The Hall–Kier alpha value is -1.64. The number of aromatic nitrogens is 2. The van der Waals surface area contributed by atoms with E-state index in [2.05, 4.69) is 9.97 Å². The first kappa shape index (κ1) is 7.03. The van der Waals surface area contributed by atoms with Gasteiger partial charge in [0.25, 0.3) is 0 Å². The van der Waals surface area contributed by atoms with Crippen LogP contribution in [0, 0.1) is 0 Å². The lowest BCUT2D eigenvalue weighted by atomic mass is 10.2. The quantitative estimate of drug-likeness (QED) is 0.673. The largest absolute Gasteiger partial charge is 0.360 e. The summed E-state index contributed by atoms with van der Waals surface area (Å²) in [6, 6.07) is 3.81. The third-order valence-corrected chi connectivity index (χ3v) is 1.82. The van der Waals surface area contributed by atoms with Crippen LogP contribution in [0.15, 0.2) is 24.5 Å². The van der Waals surface area contributed by atoms with Gasteiger partial charge in [0.15, 0.2) is 0 Å². The van der Waals surface area contributed by atoms with Gasteiger partial charge >= 0.3 is 0 Å². The molecular formula is C9H8N2O. The maximum absolute atomic E-state index is 10.3. The highest BCUT2D eigenvalue weighted by Crippen LogP contribution is 2.14. The van der Waals surface area contributed by atoms with E-state index >= 15 is 0 Å². The molecule has 0 saturated heterocycles. The minimum absolute atomic E-state index is 0.428. The van der Waals surface area contributed by atoms with E-state index in [4.69, 9.17) is 0 Å². The van der Waals surface area contributed by atoms with Crippen LogP contribution >= 0.6 is 0 Å². The van der Waals surface area contributed by atoms with E-state index in [1.54, 1.807) is 6.20 Å². The van der Waals surface area contributed by atoms with Crippen LogP contribution in [0.2, 0.25) is 0 Å². The van der Waals surface area contributed by atoms with E-state index in [0.29, 0.717) is 6.42 Å². The van der Waals surface area contributed by atoms with Crippen LogP contribution in [0.1, 0.15) is 5.56 Å². The van der Waals surface area contributed by atoms with E-state index in [1.165, 1.54) is 0 Å². The van der Waals surface area contributed by atoms with E-state index < -0.39 is 0 Å². The number of fused-ring (bicyclic) bond motifs is 1. The van der Waals surface area contributed by atoms with Crippen molar-refractivity contribution in [2.75, 3.05) is 0 Å². The van der Waals surface area contributed by atoms with Gasteiger partial charge in [-0.2, -0.15) is 0 Å². The molecule has 3 heteroatoms. The highest BCUT2D eigenvalue weighted by Gasteiger charge is 2.01. The van der Waals surface area contributed by atoms with E-state index in [1.807, 2.05) is 18.3 Å². The van der Waals surface area contributed by atoms with Crippen molar-refractivity contribution >= 4 is 17.3 Å². The fraction of sp³-hybridized carbons (Fsp3) is 0.111. The maximum Gasteiger partial charge on any atom is 0.124 e. The van der Waals surface area contributed by atoms with Crippen molar-refractivity contribution in [3.8, 4) is 0 Å². The lowest BCUT2D eigenvalue weighted by Gasteiger charge is -1.89. The summed E-state index contributed by atoms with van der Waals surface area (Å²) >= 11 is 0. The standard InChI is InChI=1S/C9H8N2O/c12-5-3-7-6-11-8-2-1-4-10-9(7)8/h1-2,4-6,11H,3H2. The number of aromatic amines is 1. The molecule has 0 fully saturated rings. The molecule has 0 saturated carbocycles. The van der Waals surface area contributed by atoms with Crippen molar-refractivity contribution in [3.63, 3.8) is 0 Å². The summed E-state index contributed by atoms with van der Waals surface area (Å²) < 4.78 is 0. The van der Waals surface area contributed by atoms with Gasteiger partial charge in [0.05, 0.1) is 11.0 Å². The van der Waals surface area contributed by atoms with Crippen LogP contribution in [0.4, 0.5) is 0 Å². The molecular weight excluding hydrogens is 152 g/mol. The SMILES string of the molecule is O=CCc1c[nH]c2cccnc12. The van der Waals surface area contributed by atoms with Gasteiger partial charge in [-0.25, -0.2) is 0 Å². The van der Waals surface area contributed by atoms with Crippen LogP contribution < -0.4 is 0 Å². The first-order valence-corrected chi connectivity index (χ1v) is 3.76. The predicted molar refractivity (Wildman–Crippen MR) is 45.9 cm³/mol.